The van der Waals surface area contributed by atoms with Crippen molar-refractivity contribution in [1.29, 1.82) is 0 Å². The summed E-state index contributed by atoms with van der Waals surface area (Å²) in [5.41, 5.74) is 8.15. The van der Waals surface area contributed by atoms with Gasteiger partial charge < -0.3 is 15.4 Å². The first-order valence-electron chi connectivity index (χ1n) is 7.45. The summed E-state index contributed by atoms with van der Waals surface area (Å²) in [5, 5.41) is 0. The molecule has 1 aliphatic rings. The summed E-state index contributed by atoms with van der Waals surface area (Å²) in [6.07, 6.45) is 4.03. The number of hydrogen-bond acceptors (Lipinski definition) is 4. The molecule has 0 spiro atoms. The SMILES string of the molecule is NC1CCCN(c2ccccc2OCc2ccccn2)C1. The Balaban J connectivity index is 1.73. The fraction of sp³-hybridized carbons (Fsp3) is 0.353. The van der Waals surface area contributed by atoms with Crippen molar-refractivity contribution in [1.82, 2.24) is 4.98 Å². The second kappa shape index (κ2) is 6.59. The summed E-state index contributed by atoms with van der Waals surface area (Å²) in [4.78, 5) is 6.61. The predicted octanol–water partition coefficient (Wildman–Crippen LogP) is 2.59. The smallest absolute Gasteiger partial charge is 0.143 e. The van der Waals surface area contributed by atoms with E-state index < -0.39 is 0 Å². The van der Waals surface area contributed by atoms with Gasteiger partial charge in [0.15, 0.2) is 0 Å². The van der Waals surface area contributed by atoms with Crippen LogP contribution in [0.4, 0.5) is 5.69 Å². The van der Waals surface area contributed by atoms with Crippen molar-refractivity contribution in [3.05, 3.63) is 54.4 Å². The van der Waals surface area contributed by atoms with Crippen LogP contribution in [0.15, 0.2) is 48.7 Å². The summed E-state index contributed by atoms with van der Waals surface area (Å²) < 4.78 is 5.97. The van der Waals surface area contributed by atoms with Crippen LogP contribution >= 0.6 is 0 Å². The van der Waals surface area contributed by atoms with Crippen molar-refractivity contribution in [3.8, 4) is 5.75 Å². The molecule has 1 aliphatic heterocycles. The van der Waals surface area contributed by atoms with Crippen LogP contribution in [-0.2, 0) is 6.61 Å². The fourth-order valence-corrected chi connectivity index (χ4v) is 2.70. The second-order valence-electron chi connectivity index (χ2n) is 5.43. The third kappa shape index (κ3) is 3.52. The molecule has 0 amide bonds. The molecule has 0 bridgehead atoms. The van der Waals surface area contributed by atoms with E-state index in [0.29, 0.717) is 6.61 Å². The number of rotatable bonds is 4. The summed E-state index contributed by atoms with van der Waals surface area (Å²) in [6.45, 7) is 2.42. The van der Waals surface area contributed by atoms with E-state index in [4.69, 9.17) is 10.5 Å². The number of anilines is 1. The van der Waals surface area contributed by atoms with Gasteiger partial charge in [-0.25, -0.2) is 0 Å². The van der Waals surface area contributed by atoms with Gasteiger partial charge >= 0.3 is 0 Å². The monoisotopic (exact) mass is 283 g/mol. The minimum atomic E-state index is 0.252. The van der Waals surface area contributed by atoms with Gasteiger partial charge in [-0.3, -0.25) is 4.98 Å². The minimum Gasteiger partial charge on any atom is -0.485 e. The quantitative estimate of drug-likeness (QED) is 0.937. The largest absolute Gasteiger partial charge is 0.485 e. The number of aromatic nitrogens is 1. The van der Waals surface area contributed by atoms with Crippen LogP contribution in [0.25, 0.3) is 0 Å². The predicted molar refractivity (Wildman–Crippen MR) is 84.4 cm³/mol. The lowest BCUT2D eigenvalue weighted by molar-refractivity contribution is 0.301. The van der Waals surface area contributed by atoms with Gasteiger partial charge in [0.05, 0.1) is 11.4 Å². The molecule has 2 heterocycles. The Morgan fingerprint density at radius 2 is 2.05 bits per heavy atom. The highest BCUT2D eigenvalue weighted by molar-refractivity contribution is 5.58. The van der Waals surface area contributed by atoms with Gasteiger partial charge in [0.25, 0.3) is 0 Å². The van der Waals surface area contributed by atoms with E-state index in [-0.39, 0.29) is 6.04 Å². The van der Waals surface area contributed by atoms with E-state index >= 15 is 0 Å². The van der Waals surface area contributed by atoms with E-state index in [0.717, 1.165) is 43.1 Å². The summed E-state index contributed by atoms with van der Waals surface area (Å²) in [6, 6.07) is 14.3. The number of hydrogen-bond donors (Lipinski definition) is 1. The molecule has 1 aromatic carbocycles. The topological polar surface area (TPSA) is 51.4 Å². The van der Waals surface area contributed by atoms with E-state index in [1.165, 1.54) is 0 Å². The van der Waals surface area contributed by atoms with Gasteiger partial charge in [0.2, 0.25) is 0 Å². The molecule has 1 saturated heterocycles. The zero-order chi connectivity index (χ0) is 14.5. The van der Waals surface area contributed by atoms with Gasteiger partial charge in [0.1, 0.15) is 12.4 Å². The molecule has 2 aromatic rings. The molecule has 21 heavy (non-hydrogen) atoms. The van der Waals surface area contributed by atoms with Crippen LogP contribution in [0.2, 0.25) is 0 Å². The molecule has 4 nitrogen and oxygen atoms in total. The lowest BCUT2D eigenvalue weighted by atomic mass is 10.1. The molecule has 1 unspecified atom stereocenters. The summed E-state index contributed by atoms with van der Waals surface area (Å²) >= 11 is 0. The maximum absolute atomic E-state index is 6.09. The van der Waals surface area contributed by atoms with Crippen LogP contribution in [0, 0.1) is 0 Å². The zero-order valence-corrected chi connectivity index (χ0v) is 12.1. The zero-order valence-electron chi connectivity index (χ0n) is 12.1. The molecule has 110 valence electrons. The Morgan fingerprint density at radius 1 is 1.19 bits per heavy atom. The maximum Gasteiger partial charge on any atom is 0.143 e. The van der Waals surface area contributed by atoms with E-state index in [1.807, 2.05) is 36.4 Å². The lowest BCUT2D eigenvalue weighted by Crippen LogP contribution is -2.42. The van der Waals surface area contributed by atoms with Crippen molar-refractivity contribution in [2.24, 2.45) is 5.73 Å². The Labute approximate surface area is 125 Å². The fourth-order valence-electron chi connectivity index (χ4n) is 2.70. The van der Waals surface area contributed by atoms with Gasteiger partial charge in [-0.05, 0) is 37.1 Å². The highest BCUT2D eigenvalue weighted by Gasteiger charge is 2.19. The Morgan fingerprint density at radius 3 is 2.86 bits per heavy atom. The van der Waals surface area contributed by atoms with Crippen LogP contribution < -0.4 is 15.4 Å². The van der Waals surface area contributed by atoms with Crippen LogP contribution in [-0.4, -0.2) is 24.1 Å². The average Bonchev–Trinajstić information content (AvgIpc) is 2.54. The highest BCUT2D eigenvalue weighted by Crippen LogP contribution is 2.30. The number of ether oxygens (including phenoxy) is 1. The molecule has 1 atom stereocenters. The van der Waals surface area contributed by atoms with Crippen molar-refractivity contribution in [3.63, 3.8) is 0 Å². The van der Waals surface area contributed by atoms with Gasteiger partial charge in [-0.15, -0.1) is 0 Å². The average molecular weight is 283 g/mol. The number of nitrogens with two attached hydrogens (primary N) is 1. The Bertz CT molecular complexity index is 573. The molecule has 2 N–H and O–H groups in total. The first kappa shape index (κ1) is 13.9. The molecule has 1 aromatic heterocycles. The number of benzene rings is 1. The highest BCUT2D eigenvalue weighted by atomic mass is 16.5. The van der Waals surface area contributed by atoms with Crippen LogP contribution in [0.5, 0.6) is 5.75 Å². The minimum absolute atomic E-state index is 0.252. The van der Waals surface area contributed by atoms with E-state index in [2.05, 4.69) is 16.0 Å². The normalized spacial score (nSPS) is 18.5. The molecular formula is C17H21N3O. The number of pyridine rings is 1. The molecular weight excluding hydrogens is 262 g/mol. The summed E-state index contributed by atoms with van der Waals surface area (Å²) in [5.74, 6) is 0.900. The van der Waals surface area contributed by atoms with Gasteiger partial charge in [-0.1, -0.05) is 18.2 Å². The summed E-state index contributed by atoms with van der Waals surface area (Å²) in [7, 11) is 0. The standard InChI is InChI=1S/C17H21N3O/c18-14-6-5-11-20(12-14)16-8-1-2-9-17(16)21-13-15-7-3-4-10-19-15/h1-4,7-10,14H,5-6,11-13,18H2. The first-order valence-corrected chi connectivity index (χ1v) is 7.45. The van der Waals surface area contributed by atoms with E-state index in [9.17, 15) is 0 Å². The number of piperidine rings is 1. The molecule has 0 aliphatic carbocycles. The van der Waals surface area contributed by atoms with Crippen LogP contribution in [0.3, 0.4) is 0 Å². The molecule has 0 saturated carbocycles. The second-order valence-corrected chi connectivity index (χ2v) is 5.43. The van der Waals surface area contributed by atoms with Crippen LogP contribution in [0.1, 0.15) is 18.5 Å². The molecule has 4 heteroatoms. The Kier molecular flexibility index (Phi) is 4.36. The first-order chi connectivity index (χ1) is 10.3. The lowest BCUT2D eigenvalue weighted by Gasteiger charge is -2.33. The van der Waals surface area contributed by atoms with E-state index in [1.54, 1.807) is 6.20 Å². The number of nitrogens with zero attached hydrogens (tertiary/aromatic N) is 2. The maximum atomic E-state index is 6.09. The van der Waals surface area contributed by atoms with Crippen molar-refractivity contribution in [2.75, 3.05) is 18.0 Å². The van der Waals surface area contributed by atoms with Crippen molar-refractivity contribution >= 4 is 5.69 Å². The third-order valence-corrected chi connectivity index (χ3v) is 3.77. The van der Waals surface area contributed by atoms with Gasteiger partial charge in [0, 0.05) is 25.3 Å². The Hall–Kier alpha value is -2.07. The number of para-hydroxylation sites is 2. The molecule has 0 radical (unpaired) electrons. The molecule has 1 fully saturated rings. The van der Waals surface area contributed by atoms with Crippen molar-refractivity contribution in [2.45, 2.75) is 25.5 Å². The molecule has 3 rings (SSSR count). The van der Waals surface area contributed by atoms with Crippen molar-refractivity contribution < 1.29 is 4.74 Å². The van der Waals surface area contributed by atoms with Gasteiger partial charge in [-0.2, -0.15) is 0 Å². The third-order valence-electron chi connectivity index (χ3n) is 3.77.